The Kier molecular flexibility index (Phi) is 5.86. The third-order valence-corrected chi connectivity index (χ3v) is 5.07. The molecule has 1 amide bonds. The zero-order valence-corrected chi connectivity index (χ0v) is 15.7. The van der Waals surface area contributed by atoms with E-state index in [1.54, 1.807) is 6.07 Å². The third kappa shape index (κ3) is 5.14. The van der Waals surface area contributed by atoms with Crippen LogP contribution in [0, 0.1) is 23.0 Å². The maximum Gasteiger partial charge on any atom is 0.271 e. The van der Waals surface area contributed by atoms with Crippen LogP contribution in [-0.4, -0.2) is 28.8 Å². The Morgan fingerprint density at radius 2 is 1.96 bits per heavy atom. The van der Waals surface area contributed by atoms with E-state index >= 15 is 0 Å². The van der Waals surface area contributed by atoms with Crippen molar-refractivity contribution in [2.24, 2.45) is 5.92 Å². The van der Waals surface area contributed by atoms with E-state index in [9.17, 15) is 14.9 Å². The monoisotopic (exact) mass is 367 g/mol. The summed E-state index contributed by atoms with van der Waals surface area (Å²) >= 11 is 0. The molecule has 1 unspecified atom stereocenters. The molecule has 0 aromatic heterocycles. The standard InChI is InChI=1S/C21H25N3O3/c1-15-8-11-19(24(26)27)12-20(15)22-21(25)14-23(13-17-9-10-17)16(2)18-6-4-3-5-7-18/h3-8,11-12,16-17H,9-10,13-14H2,1-2H3,(H,22,25). The second-order valence-electron chi connectivity index (χ2n) is 7.26. The first-order valence-corrected chi connectivity index (χ1v) is 9.28. The van der Waals surface area contributed by atoms with Gasteiger partial charge in [-0.05, 0) is 43.7 Å². The van der Waals surface area contributed by atoms with Crippen molar-refractivity contribution in [2.75, 3.05) is 18.4 Å². The third-order valence-electron chi connectivity index (χ3n) is 5.07. The lowest BCUT2D eigenvalue weighted by molar-refractivity contribution is -0.384. The first-order chi connectivity index (χ1) is 12.9. The van der Waals surface area contributed by atoms with Gasteiger partial charge in [-0.15, -0.1) is 0 Å². The molecule has 0 aliphatic heterocycles. The molecule has 0 heterocycles. The average molecular weight is 367 g/mol. The van der Waals surface area contributed by atoms with E-state index in [1.807, 2.05) is 25.1 Å². The van der Waals surface area contributed by atoms with Crippen molar-refractivity contribution in [2.45, 2.75) is 32.7 Å². The number of nitro benzene ring substituents is 1. The summed E-state index contributed by atoms with van der Waals surface area (Å²) < 4.78 is 0. The summed E-state index contributed by atoms with van der Waals surface area (Å²) in [4.78, 5) is 25.4. The number of anilines is 1. The minimum Gasteiger partial charge on any atom is -0.324 e. The summed E-state index contributed by atoms with van der Waals surface area (Å²) in [5.74, 6) is 0.505. The van der Waals surface area contributed by atoms with Gasteiger partial charge >= 0.3 is 0 Å². The first-order valence-electron chi connectivity index (χ1n) is 9.28. The Balaban J connectivity index is 1.71. The summed E-state index contributed by atoms with van der Waals surface area (Å²) in [7, 11) is 0. The van der Waals surface area contributed by atoms with Crippen LogP contribution in [0.15, 0.2) is 48.5 Å². The van der Waals surface area contributed by atoms with Crippen LogP contribution in [-0.2, 0) is 4.79 Å². The van der Waals surface area contributed by atoms with Gasteiger partial charge in [0.2, 0.25) is 5.91 Å². The highest BCUT2D eigenvalue weighted by atomic mass is 16.6. The zero-order chi connectivity index (χ0) is 19.4. The summed E-state index contributed by atoms with van der Waals surface area (Å²) in [5.41, 5.74) is 2.45. The number of amides is 1. The molecule has 1 aliphatic carbocycles. The van der Waals surface area contributed by atoms with Crippen LogP contribution < -0.4 is 5.32 Å². The maximum atomic E-state index is 12.7. The van der Waals surface area contributed by atoms with Gasteiger partial charge in [0.1, 0.15) is 0 Å². The predicted octanol–water partition coefficient (Wildman–Crippen LogP) is 4.31. The Hall–Kier alpha value is -2.73. The summed E-state index contributed by atoms with van der Waals surface area (Å²) in [5, 5.41) is 13.8. The fourth-order valence-electron chi connectivity index (χ4n) is 3.17. The molecule has 3 rings (SSSR count). The van der Waals surface area contributed by atoms with Crippen LogP contribution in [0.3, 0.4) is 0 Å². The van der Waals surface area contributed by atoms with Crippen molar-refractivity contribution in [3.8, 4) is 0 Å². The Bertz CT molecular complexity index is 819. The van der Waals surface area contributed by atoms with Crippen molar-refractivity contribution in [3.05, 3.63) is 69.8 Å². The Labute approximate surface area is 159 Å². The van der Waals surface area contributed by atoms with Crippen molar-refractivity contribution in [1.29, 1.82) is 0 Å². The molecule has 6 heteroatoms. The van der Waals surface area contributed by atoms with Crippen molar-refractivity contribution < 1.29 is 9.72 Å². The van der Waals surface area contributed by atoms with Crippen molar-refractivity contribution in [1.82, 2.24) is 4.90 Å². The van der Waals surface area contributed by atoms with Gasteiger partial charge in [0, 0.05) is 24.7 Å². The van der Waals surface area contributed by atoms with E-state index in [1.165, 1.54) is 30.5 Å². The first kappa shape index (κ1) is 19.0. The lowest BCUT2D eigenvalue weighted by Gasteiger charge is -2.29. The average Bonchev–Trinajstić information content (AvgIpc) is 3.47. The Morgan fingerprint density at radius 3 is 2.59 bits per heavy atom. The number of hydrogen-bond donors (Lipinski definition) is 1. The van der Waals surface area contributed by atoms with Crippen LogP contribution in [0.2, 0.25) is 0 Å². The topological polar surface area (TPSA) is 75.5 Å². The molecular weight excluding hydrogens is 342 g/mol. The number of carbonyl (C=O) groups excluding carboxylic acids is 1. The molecule has 6 nitrogen and oxygen atoms in total. The molecule has 1 N–H and O–H groups in total. The molecule has 0 spiro atoms. The van der Waals surface area contributed by atoms with E-state index in [-0.39, 0.29) is 24.2 Å². The SMILES string of the molecule is Cc1ccc([N+](=O)[O-])cc1NC(=O)CN(CC1CC1)C(C)c1ccccc1. The van der Waals surface area contributed by atoms with Crippen molar-refractivity contribution >= 4 is 17.3 Å². The normalized spacial score (nSPS) is 14.8. The van der Waals surface area contributed by atoms with Crippen LogP contribution in [0.5, 0.6) is 0 Å². The zero-order valence-electron chi connectivity index (χ0n) is 15.7. The van der Waals surface area contributed by atoms with E-state index < -0.39 is 4.92 Å². The molecule has 142 valence electrons. The number of nitrogens with zero attached hydrogens (tertiary/aromatic N) is 2. The Morgan fingerprint density at radius 1 is 1.26 bits per heavy atom. The smallest absolute Gasteiger partial charge is 0.271 e. The molecule has 0 radical (unpaired) electrons. The highest BCUT2D eigenvalue weighted by molar-refractivity contribution is 5.93. The lowest BCUT2D eigenvalue weighted by atomic mass is 10.1. The fraction of sp³-hybridized carbons (Fsp3) is 0.381. The summed E-state index contributed by atoms with van der Waals surface area (Å²) in [6.07, 6.45) is 2.42. The summed E-state index contributed by atoms with van der Waals surface area (Å²) in [6, 6.07) is 14.8. The minimum atomic E-state index is -0.452. The van der Waals surface area contributed by atoms with Gasteiger partial charge < -0.3 is 5.32 Å². The number of nitrogens with one attached hydrogen (secondary N) is 1. The maximum absolute atomic E-state index is 12.7. The highest BCUT2D eigenvalue weighted by Crippen LogP contribution is 2.32. The van der Waals surface area contributed by atoms with Crippen LogP contribution in [0.1, 0.15) is 36.9 Å². The quantitative estimate of drug-likeness (QED) is 0.557. The molecule has 1 aliphatic rings. The number of aryl methyl sites for hydroxylation is 1. The number of nitro groups is 1. The van der Waals surface area contributed by atoms with E-state index in [2.05, 4.69) is 29.3 Å². The molecule has 1 fully saturated rings. The van der Waals surface area contributed by atoms with Crippen LogP contribution in [0.25, 0.3) is 0 Å². The predicted molar refractivity (Wildman–Crippen MR) is 106 cm³/mol. The van der Waals surface area contributed by atoms with Crippen LogP contribution in [0.4, 0.5) is 11.4 Å². The minimum absolute atomic E-state index is 0.0246. The van der Waals surface area contributed by atoms with Gasteiger partial charge in [-0.2, -0.15) is 0 Å². The molecule has 2 aromatic carbocycles. The number of carbonyl (C=O) groups is 1. The molecule has 1 saturated carbocycles. The molecule has 0 saturated heterocycles. The number of benzene rings is 2. The molecular formula is C21H25N3O3. The number of rotatable bonds is 8. The van der Waals surface area contributed by atoms with Gasteiger partial charge in [0.25, 0.3) is 5.69 Å². The van der Waals surface area contributed by atoms with E-state index in [4.69, 9.17) is 0 Å². The summed E-state index contributed by atoms with van der Waals surface area (Å²) in [6.45, 7) is 5.09. The second kappa shape index (κ2) is 8.31. The molecule has 27 heavy (non-hydrogen) atoms. The molecule has 0 bridgehead atoms. The van der Waals surface area contributed by atoms with Gasteiger partial charge in [0.15, 0.2) is 0 Å². The van der Waals surface area contributed by atoms with E-state index in [0.29, 0.717) is 11.6 Å². The van der Waals surface area contributed by atoms with Gasteiger partial charge in [-0.3, -0.25) is 19.8 Å². The number of non-ortho nitro benzene ring substituents is 1. The molecule has 2 aromatic rings. The lowest BCUT2D eigenvalue weighted by Crippen LogP contribution is -2.36. The second-order valence-corrected chi connectivity index (χ2v) is 7.26. The number of hydrogen-bond acceptors (Lipinski definition) is 4. The van der Waals surface area contributed by atoms with Gasteiger partial charge in [0.05, 0.1) is 17.2 Å². The highest BCUT2D eigenvalue weighted by Gasteiger charge is 2.28. The molecule has 1 atom stereocenters. The van der Waals surface area contributed by atoms with Gasteiger partial charge in [-0.25, -0.2) is 0 Å². The van der Waals surface area contributed by atoms with Gasteiger partial charge in [-0.1, -0.05) is 36.4 Å². The largest absolute Gasteiger partial charge is 0.324 e. The van der Waals surface area contributed by atoms with Crippen molar-refractivity contribution in [3.63, 3.8) is 0 Å². The fourth-order valence-corrected chi connectivity index (χ4v) is 3.17. The van der Waals surface area contributed by atoms with Crippen LogP contribution >= 0.6 is 0 Å². The van der Waals surface area contributed by atoms with E-state index in [0.717, 1.165) is 12.1 Å².